The number of ether oxygens (including phenoxy) is 2. The Balaban J connectivity index is 1.42. The summed E-state index contributed by atoms with van der Waals surface area (Å²) < 4.78 is 12.6. The molecule has 0 aliphatic carbocycles. The molecule has 0 radical (unpaired) electrons. The van der Waals surface area contributed by atoms with Crippen LogP contribution in [0.15, 0.2) is 47.5 Å². The number of carbonyl (C=O) groups is 1. The Morgan fingerprint density at radius 3 is 2.86 bits per heavy atom. The van der Waals surface area contributed by atoms with Crippen molar-refractivity contribution in [3.8, 4) is 5.75 Å². The quantitative estimate of drug-likeness (QED) is 0.610. The number of fused-ring (bicyclic) bond motifs is 1. The van der Waals surface area contributed by atoms with E-state index >= 15 is 0 Å². The minimum atomic E-state index is -0.400. The highest BCUT2D eigenvalue weighted by atomic mass is 35.5. The summed E-state index contributed by atoms with van der Waals surface area (Å²) in [4.78, 5) is 34.5. The summed E-state index contributed by atoms with van der Waals surface area (Å²) in [7, 11) is 1.60. The third-order valence-corrected chi connectivity index (χ3v) is 5.13. The van der Waals surface area contributed by atoms with Crippen LogP contribution in [0.1, 0.15) is 12.0 Å². The molecule has 0 saturated carbocycles. The molecule has 1 aliphatic heterocycles. The lowest BCUT2D eigenvalue weighted by Gasteiger charge is -2.17. The molecule has 3 aromatic rings. The molecular weight excluding hydrogens is 396 g/mol. The number of hydrogen-bond donors (Lipinski definition) is 0. The van der Waals surface area contributed by atoms with Gasteiger partial charge in [0.2, 0.25) is 0 Å². The summed E-state index contributed by atoms with van der Waals surface area (Å²) in [5.74, 6) is 0.154. The average molecular weight is 415 g/mol. The number of rotatable bonds is 4. The third kappa shape index (κ3) is 4.02. The van der Waals surface area contributed by atoms with Crippen LogP contribution >= 0.6 is 11.6 Å². The van der Waals surface area contributed by atoms with Gasteiger partial charge in [0, 0.05) is 20.0 Å². The summed E-state index contributed by atoms with van der Waals surface area (Å²) in [6, 6.07) is 11.0. The molecule has 2 aromatic heterocycles. The Morgan fingerprint density at radius 2 is 2.07 bits per heavy atom. The number of aryl methyl sites for hydroxylation is 1. The molecule has 1 atom stereocenters. The van der Waals surface area contributed by atoms with E-state index in [0.29, 0.717) is 30.5 Å². The lowest BCUT2D eigenvalue weighted by atomic mass is 10.2. The van der Waals surface area contributed by atoms with E-state index in [9.17, 15) is 9.59 Å². The van der Waals surface area contributed by atoms with Crippen LogP contribution in [-0.4, -0.2) is 44.7 Å². The van der Waals surface area contributed by atoms with Gasteiger partial charge in [-0.3, -0.25) is 9.36 Å². The maximum atomic E-state index is 12.6. The van der Waals surface area contributed by atoms with Crippen molar-refractivity contribution in [1.82, 2.24) is 19.4 Å². The van der Waals surface area contributed by atoms with Gasteiger partial charge < -0.3 is 14.4 Å². The smallest absolute Gasteiger partial charge is 0.410 e. The van der Waals surface area contributed by atoms with Gasteiger partial charge in [0.25, 0.3) is 5.56 Å². The van der Waals surface area contributed by atoms with Crippen LogP contribution in [0.4, 0.5) is 4.79 Å². The third-order valence-electron chi connectivity index (χ3n) is 4.82. The van der Waals surface area contributed by atoms with E-state index in [0.717, 1.165) is 5.56 Å². The predicted molar refractivity (Wildman–Crippen MR) is 107 cm³/mol. The second-order valence-electron chi connectivity index (χ2n) is 6.79. The Hall–Kier alpha value is -3.13. The summed E-state index contributed by atoms with van der Waals surface area (Å²) in [5, 5.41) is 0.774. The first kappa shape index (κ1) is 19.2. The Bertz CT molecular complexity index is 1100. The van der Waals surface area contributed by atoms with Crippen molar-refractivity contribution in [2.75, 3.05) is 13.1 Å². The molecule has 150 valence electrons. The SMILES string of the molecule is Cn1c(=O)c(O[C@@H]2CCN(C(=O)OCc3ccccc3)C2)cc2c(Cl)ncnc21. The van der Waals surface area contributed by atoms with Crippen LogP contribution in [0.2, 0.25) is 5.15 Å². The fraction of sp³-hybridized carbons (Fsp3) is 0.300. The summed E-state index contributed by atoms with van der Waals surface area (Å²) >= 11 is 6.13. The first-order valence-corrected chi connectivity index (χ1v) is 9.53. The summed E-state index contributed by atoms with van der Waals surface area (Å²) in [5.41, 5.74) is 1.03. The molecule has 29 heavy (non-hydrogen) atoms. The molecule has 4 rings (SSSR count). The lowest BCUT2D eigenvalue weighted by molar-refractivity contribution is 0.0990. The number of amides is 1. The molecule has 3 heterocycles. The van der Waals surface area contributed by atoms with Crippen molar-refractivity contribution in [3.63, 3.8) is 0 Å². The minimum absolute atomic E-state index is 0.154. The van der Waals surface area contributed by atoms with E-state index in [1.807, 2.05) is 30.3 Å². The molecule has 8 nitrogen and oxygen atoms in total. The number of likely N-dealkylation sites (tertiary alicyclic amines) is 1. The summed E-state index contributed by atoms with van der Waals surface area (Å²) in [6.45, 7) is 1.05. The van der Waals surface area contributed by atoms with E-state index in [2.05, 4.69) is 9.97 Å². The zero-order chi connectivity index (χ0) is 20.4. The highest BCUT2D eigenvalue weighted by Gasteiger charge is 2.29. The normalized spacial score (nSPS) is 16.2. The van der Waals surface area contributed by atoms with Gasteiger partial charge in [0.15, 0.2) is 5.75 Å². The average Bonchev–Trinajstić information content (AvgIpc) is 3.20. The van der Waals surface area contributed by atoms with E-state index in [-0.39, 0.29) is 29.2 Å². The van der Waals surface area contributed by atoms with Gasteiger partial charge in [-0.25, -0.2) is 14.8 Å². The zero-order valence-corrected chi connectivity index (χ0v) is 16.5. The minimum Gasteiger partial charge on any atom is -0.483 e. The van der Waals surface area contributed by atoms with Crippen LogP contribution in [0, 0.1) is 0 Å². The lowest BCUT2D eigenvalue weighted by Crippen LogP contribution is -2.32. The van der Waals surface area contributed by atoms with Gasteiger partial charge in [0.05, 0.1) is 11.9 Å². The van der Waals surface area contributed by atoms with Crippen LogP contribution in [0.3, 0.4) is 0 Å². The topological polar surface area (TPSA) is 86.5 Å². The number of benzene rings is 1. The number of hydrogen-bond acceptors (Lipinski definition) is 6. The molecule has 9 heteroatoms. The maximum Gasteiger partial charge on any atom is 0.410 e. The Morgan fingerprint density at radius 1 is 1.28 bits per heavy atom. The van der Waals surface area contributed by atoms with Gasteiger partial charge >= 0.3 is 6.09 Å². The first-order chi connectivity index (χ1) is 14.0. The van der Waals surface area contributed by atoms with E-state index in [1.54, 1.807) is 18.0 Å². The van der Waals surface area contributed by atoms with Crippen molar-refractivity contribution in [3.05, 3.63) is 63.8 Å². The standard InChI is InChI=1S/C20H19ClN4O4/c1-24-18-15(17(21)22-12-23-18)9-16(19(24)26)29-14-7-8-25(10-14)20(27)28-11-13-5-3-2-4-6-13/h2-6,9,12,14H,7-8,10-11H2,1H3/t14-/m1/s1. The van der Waals surface area contributed by atoms with E-state index < -0.39 is 6.09 Å². The zero-order valence-electron chi connectivity index (χ0n) is 15.7. The molecule has 1 amide bonds. The van der Waals surface area contributed by atoms with Crippen molar-refractivity contribution in [2.24, 2.45) is 7.05 Å². The van der Waals surface area contributed by atoms with Crippen molar-refractivity contribution < 1.29 is 14.3 Å². The van der Waals surface area contributed by atoms with Crippen molar-refractivity contribution in [2.45, 2.75) is 19.1 Å². The van der Waals surface area contributed by atoms with Gasteiger partial charge in [-0.05, 0) is 11.6 Å². The fourth-order valence-corrected chi connectivity index (χ4v) is 3.46. The number of pyridine rings is 1. The molecule has 1 aromatic carbocycles. The molecule has 0 spiro atoms. The first-order valence-electron chi connectivity index (χ1n) is 9.15. The predicted octanol–water partition coefficient (Wildman–Crippen LogP) is 2.77. The number of halogens is 1. The molecule has 1 aliphatic rings. The maximum absolute atomic E-state index is 12.6. The van der Waals surface area contributed by atoms with Crippen LogP contribution in [0.25, 0.3) is 11.0 Å². The second-order valence-corrected chi connectivity index (χ2v) is 7.15. The molecule has 0 bridgehead atoms. The Labute approximate surface area is 171 Å². The van der Waals surface area contributed by atoms with E-state index in [4.69, 9.17) is 21.1 Å². The van der Waals surface area contributed by atoms with Crippen molar-refractivity contribution >= 4 is 28.7 Å². The van der Waals surface area contributed by atoms with Gasteiger partial charge in [-0.2, -0.15) is 0 Å². The highest BCUT2D eigenvalue weighted by molar-refractivity contribution is 6.33. The van der Waals surface area contributed by atoms with Crippen LogP contribution < -0.4 is 10.3 Å². The highest BCUT2D eigenvalue weighted by Crippen LogP contribution is 2.23. The molecule has 1 saturated heterocycles. The number of carbonyl (C=O) groups excluding carboxylic acids is 1. The monoisotopic (exact) mass is 414 g/mol. The van der Waals surface area contributed by atoms with Crippen LogP contribution in [-0.2, 0) is 18.4 Å². The number of nitrogens with zero attached hydrogens (tertiary/aromatic N) is 4. The molecule has 1 fully saturated rings. The van der Waals surface area contributed by atoms with Gasteiger partial charge in [-0.15, -0.1) is 0 Å². The van der Waals surface area contributed by atoms with Crippen molar-refractivity contribution in [1.29, 1.82) is 0 Å². The fourth-order valence-electron chi connectivity index (χ4n) is 3.28. The van der Waals surface area contributed by atoms with Gasteiger partial charge in [0.1, 0.15) is 29.8 Å². The summed E-state index contributed by atoms with van der Waals surface area (Å²) in [6.07, 6.45) is 1.19. The number of aromatic nitrogens is 3. The molecule has 0 N–H and O–H groups in total. The van der Waals surface area contributed by atoms with Gasteiger partial charge in [-0.1, -0.05) is 41.9 Å². The second kappa shape index (κ2) is 8.08. The molecule has 0 unspecified atom stereocenters. The Kier molecular flexibility index (Phi) is 5.35. The largest absolute Gasteiger partial charge is 0.483 e. The molecular formula is C20H19ClN4O4. The van der Waals surface area contributed by atoms with E-state index in [1.165, 1.54) is 10.9 Å². The van der Waals surface area contributed by atoms with Crippen LogP contribution in [0.5, 0.6) is 5.75 Å².